The summed E-state index contributed by atoms with van der Waals surface area (Å²) in [6.07, 6.45) is 6.05. The lowest BCUT2D eigenvalue weighted by atomic mass is 9.68. The van der Waals surface area contributed by atoms with Gasteiger partial charge in [0.2, 0.25) is 5.91 Å². The lowest BCUT2D eigenvalue weighted by molar-refractivity contribution is -0.159. The topological polar surface area (TPSA) is 111 Å². The number of nitrogens with one attached hydrogen (secondary N) is 2. The number of nitrogens with zero attached hydrogens (tertiary/aromatic N) is 3. The summed E-state index contributed by atoms with van der Waals surface area (Å²) in [5.74, 6) is -0.566. The number of fused-ring (bicyclic) bond motifs is 1. The quantitative estimate of drug-likeness (QED) is 0.460. The fourth-order valence-electron chi connectivity index (χ4n) is 4.38. The molecule has 9 heteroatoms. The van der Waals surface area contributed by atoms with E-state index in [1.807, 2.05) is 12.3 Å². The zero-order valence-electron chi connectivity index (χ0n) is 17.9. The molecule has 31 heavy (non-hydrogen) atoms. The first-order chi connectivity index (χ1) is 14.9. The van der Waals surface area contributed by atoms with Crippen molar-refractivity contribution in [2.24, 2.45) is 5.41 Å². The Labute approximate surface area is 184 Å². The van der Waals surface area contributed by atoms with Crippen LogP contribution >= 0.6 is 11.3 Å². The smallest absolute Gasteiger partial charge is 0.319 e. The van der Waals surface area contributed by atoms with Gasteiger partial charge in [-0.25, -0.2) is 9.97 Å². The highest BCUT2D eigenvalue weighted by Crippen LogP contribution is 2.43. The van der Waals surface area contributed by atoms with Gasteiger partial charge < -0.3 is 20.3 Å². The fraction of sp³-hybridized carbons (Fsp3) is 0.455. The van der Waals surface area contributed by atoms with Gasteiger partial charge in [-0.05, 0) is 51.1 Å². The predicted octanol–water partition coefficient (Wildman–Crippen LogP) is 3.68. The maximum atomic E-state index is 12.6. The van der Waals surface area contributed by atoms with E-state index in [4.69, 9.17) is 0 Å². The number of anilines is 1. The predicted molar refractivity (Wildman–Crippen MR) is 120 cm³/mol. The minimum Gasteiger partial charge on any atom is -0.480 e. The van der Waals surface area contributed by atoms with Crippen molar-refractivity contribution in [1.29, 1.82) is 0 Å². The number of aromatic nitrogens is 3. The van der Waals surface area contributed by atoms with E-state index >= 15 is 0 Å². The number of H-pyrrole nitrogens is 1. The number of carbonyl (C=O) groups excluding carboxylic acids is 1. The van der Waals surface area contributed by atoms with Crippen LogP contribution < -0.4 is 5.32 Å². The summed E-state index contributed by atoms with van der Waals surface area (Å²) >= 11 is 1.36. The van der Waals surface area contributed by atoms with Crippen LogP contribution in [-0.2, 0) is 9.59 Å². The Morgan fingerprint density at radius 1 is 1.35 bits per heavy atom. The monoisotopic (exact) mass is 441 g/mol. The summed E-state index contributed by atoms with van der Waals surface area (Å²) < 4.78 is 0.941. The van der Waals surface area contributed by atoms with Crippen LogP contribution in [0.2, 0.25) is 0 Å². The third-order valence-electron chi connectivity index (χ3n) is 6.32. The number of likely N-dealkylation sites (N-methyl/N-ethyl adjacent to an activating group) is 1. The minimum absolute atomic E-state index is 0.0600. The van der Waals surface area contributed by atoms with E-state index in [0.29, 0.717) is 18.0 Å². The molecule has 2 aromatic heterocycles. The van der Waals surface area contributed by atoms with E-state index in [1.54, 1.807) is 6.20 Å². The summed E-state index contributed by atoms with van der Waals surface area (Å²) in [6.45, 7) is 2.16. The first kappa shape index (κ1) is 21.5. The molecule has 1 aromatic carbocycles. The number of carboxylic acid groups (broad SMARTS) is 1. The van der Waals surface area contributed by atoms with Gasteiger partial charge >= 0.3 is 5.97 Å². The Balaban J connectivity index is 1.65. The molecule has 2 unspecified atom stereocenters. The molecule has 0 spiro atoms. The van der Waals surface area contributed by atoms with Crippen molar-refractivity contribution >= 4 is 38.6 Å². The number of benzene rings is 1. The summed E-state index contributed by atoms with van der Waals surface area (Å²) in [5.41, 5.74) is 0.580. The lowest BCUT2D eigenvalue weighted by Gasteiger charge is -2.35. The number of hydrogen-bond donors (Lipinski definition) is 3. The highest BCUT2D eigenvalue weighted by Gasteiger charge is 2.51. The highest BCUT2D eigenvalue weighted by molar-refractivity contribution is 7.22. The van der Waals surface area contributed by atoms with Crippen LogP contribution in [0.1, 0.15) is 49.9 Å². The number of rotatable bonds is 8. The minimum atomic E-state index is -1.31. The van der Waals surface area contributed by atoms with Gasteiger partial charge in [-0.3, -0.25) is 9.59 Å². The average Bonchev–Trinajstić information content (AvgIpc) is 3.33. The number of thiazole rings is 1. The first-order valence-electron chi connectivity index (χ1n) is 10.5. The van der Waals surface area contributed by atoms with Crippen molar-refractivity contribution in [1.82, 2.24) is 19.9 Å². The van der Waals surface area contributed by atoms with Gasteiger partial charge in [0.05, 0.1) is 16.1 Å². The van der Waals surface area contributed by atoms with E-state index in [-0.39, 0.29) is 12.0 Å². The van der Waals surface area contributed by atoms with E-state index < -0.39 is 17.3 Å². The number of aliphatic carboxylic acids is 1. The Kier molecular flexibility index (Phi) is 5.81. The SMILES string of the molecule is CCC(C(c1ccc2nc(NC(=O)C3(C(=O)O)CCC3)sc2c1)c1ncc[nH]1)N(C)C. The van der Waals surface area contributed by atoms with Crippen LogP contribution in [0.4, 0.5) is 5.13 Å². The van der Waals surface area contributed by atoms with Gasteiger partial charge in [-0.15, -0.1) is 0 Å². The summed E-state index contributed by atoms with van der Waals surface area (Å²) in [4.78, 5) is 38.7. The lowest BCUT2D eigenvalue weighted by Crippen LogP contribution is -2.48. The molecule has 3 aromatic rings. The molecule has 8 nitrogen and oxygen atoms in total. The van der Waals surface area contributed by atoms with Gasteiger partial charge in [-0.1, -0.05) is 30.7 Å². The van der Waals surface area contributed by atoms with E-state index in [2.05, 4.69) is 58.3 Å². The average molecular weight is 442 g/mol. The molecule has 2 atom stereocenters. The van der Waals surface area contributed by atoms with Crippen molar-refractivity contribution in [2.45, 2.75) is 44.6 Å². The Morgan fingerprint density at radius 3 is 2.68 bits per heavy atom. The van der Waals surface area contributed by atoms with E-state index in [0.717, 1.165) is 34.4 Å². The third kappa shape index (κ3) is 3.83. The molecule has 3 N–H and O–H groups in total. The van der Waals surface area contributed by atoms with Gasteiger partial charge in [-0.2, -0.15) is 0 Å². The fourth-order valence-corrected chi connectivity index (χ4v) is 5.29. The molecule has 164 valence electrons. The van der Waals surface area contributed by atoms with Gasteiger partial charge in [0, 0.05) is 18.4 Å². The van der Waals surface area contributed by atoms with E-state index in [1.165, 1.54) is 11.3 Å². The van der Waals surface area contributed by atoms with Crippen LogP contribution in [0.15, 0.2) is 30.6 Å². The van der Waals surface area contributed by atoms with Crippen LogP contribution in [-0.4, -0.2) is 57.0 Å². The van der Waals surface area contributed by atoms with Crippen molar-refractivity contribution in [3.05, 3.63) is 42.0 Å². The maximum Gasteiger partial charge on any atom is 0.319 e. The third-order valence-corrected chi connectivity index (χ3v) is 7.26. The summed E-state index contributed by atoms with van der Waals surface area (Å²) in [6, 6.07) is 6.35. The molecular formula is C22H27N5O3S. The zero-order chi connectivity index (χ0) is 22.2. The van der Waals surface area contributed by atoms with Gasteiger partial charge in [0.1, 0.15) is 11.2 Å². The Morgan fingerprint density at radius 2 is 2.13 bits per heavy atom. The molecule has 4 rings (SSSR count). The summed E-state index contributed by atoms with van der Waals surface area (Å²) in [5, 5.41) is 12.7. The normalized spacial score (nSPS) is 17.3. The Bertz CT molecular complexity index is 1090. The van der Waals surface area contributed by atoms with E-state index in [9.17, 15) is 14.7 Å². The molecule has 1 saturated carbocycles. The van der Waals surface area contributed by atoms with Crippen molar-refractivity contribution in [2.75, 3.05) is 19.4 Å². The number of carboxylic acids is 1. The van der Waals surface area contributed by atoms with Gasteiger partial charge in [0.25, 0.3) is 0 Å². The van der Waals surface area contributed by atoms with Crippen LogP contribution in [0.5, 0.6) is 0 Å². The first-order valence-corrected chi connectivity index (χ1v) is 11.3. The van der Waals surface area contributed by atoms with Crippen molar-refractivity contribution in [3.63, 3.8) is 0 Å². The number of amides is 1. The van der Waals surface area contributed by atoms with Gasteiger partial charge in [0.15, 0.2) is 5.13 Å². The number of carbonyl (C=O) groups is 2. The molecule has 1 aliphatic carbocycles. The maximum absolute atomic E-state index is 12.6. The van der Waals surface area contributed by atoms with Crippen LogP contribution in [0.25, 0.3) is 10.2 Å². The Hall–Kier alpha value is -2.78. The molecule has 2 heterocycles. The molecular weight excluding hydrogens is 414 g/mol. The van der Waals surface area contributed by atoms with Crippen molar-refractivity contribution < 1.29 is 14.7 Å². The molecule has 1 aliphatic rings. The van der Waals surface area contributed by atoms with Crippen LogP contribution in [0.3, 0.4) is 0 Å². The highest BCUT2D eigenvalue weighted by atomic mass is 32.1. The van der Waals surface area contributed by atoms with Crippen molar-refractivity contribution in [3.8, 4) is 0 Å². The molecule has 0 bridgehead atoms. The number of imidazole rings is 1. The standard InChI is InChI=1S/C22H27N5O3S/c1-4-15(27(2)3)17(18-23-10-11-24-18)13-6-7-14-16(12-13)31-21(25-14)26-19(28)22(20(29)30)8-5-9-22/h6-7,10-12,15,17H,4-5,8-9H2,1-3H3,(H,23,24)(H,29,30)(H,25,26,28). The number of hydrogen-bond acceptors (Lipinski definition) is 6. The number of aromatic amines is 1. The molecule has 0 saturated heterocycles. The van der Waals surface area contributed by atoms with Crippen LogP contribution in [0, 0.1) is 5.41 Å². The zero-order valence-corrected chi connectivity index (χ0v) is 18.7. The molecule has 0 radical (unpaired) electrons. The second-order valence-corrected chi connectivity index (χ2v) is 9.36. The molecule has 0 aliphatic heterocycles. The summed E-state index contributed by atoms with van der Waals surface area (Å²) in [7, 11) is 4.14. The second kappa shape index (κ2) is 8.39. The second-order valence-electron chi connectivity index (χ2n) is 8.33. The molecule has 1 amide bonds. The molecule has 1 fully saturated rings. The largest absolute Gasteiger partial charge is 0.480 e.